The van der Waals surface area contributed by atoms with Gasteiger partial charge in [-0.2, -0.15) is 0 Å². The zero-order chi connectivity index (χ0) is 27.6. The van der Waals surface area contributed by atoms with Gasteiger partial charge in [-0.1, -0.05) is 25.4 Å². The van der Waals surface area contributed by atoms with E-state index in [0.29, 0.717) is 47.8 Å². The van der Waals surface area contributed by atoms with Crippen LogP contribution in [0.3, 0.4) is 0 Å². The Kier molecular flexibility index (Phi) is 7.82. The molecule has 0 unspecified atom stereocenters. The van der Waals surface area contributed by atoms with Crippen LogP contribution >= 0.6 is 11.6 Å². The molecule has 2 atom stereocenters. The number of piperidine rings is 1. The predicted molar refractivity (Wildman–Crippen MR) is 143 cm³/mol. The maximum absolute atomic E-state index is 13.8. The molecule has 4 amide bonds. The van der Waals surface area contributed by atoms with Crippen LogP contribution in [0.4, 0.5) is 21.0 Å². The number of anilines is 2. The van der Waals surface area contributed by atoms with E-state index in [-0.39, 0.29) is 18.4 Å². The van der Waals surface area contributed by atoms with Gasteiger partial charge in [-0.25, -0.2) is 9.59 Å². The van der Waals surface area contributed by atoms with Gasteiger partial charge in [0.05, 0.1) is 12.2 Å². The number of fused-ring (bicyclic) bond motifs is 2. The quantitative estimate of drug-likeness (QED) is 0.486. The number of benzene rings is 2. The van der Waals surface area contributed by atoms with Gasteiger partial charge in [0.15, 0.2) is 5.60 Å². The fraction of sp³-hybridized carbons (Fsp3) is 0.407. The molecule has 2 heterocycles. The highest BCUT2D eigenvalue weighted by atomic mass is 35.5. The van der Waals surface area contributed by atoms with Gasteiger partial charge >= 0.3 is 12.2 Å². The lowest BCUT2D eigenvalue weighted by atomic mass is 9.83. The summed E-state index contributed by atoms with van der Waals surface area (Å²) in [5, 5.41) is 15.2. The zero-order valence-corrected chi connectivity index (χ0v) is 22.2. The number of hydrogen-bond acceptors (Lipinski definition) is 5. The van der Waals surface area contributed by atoms with E-state index < -0.39 is 29.7 Å². The van der Waals surface area contributed by atoms with Gasteiger partial charge in [-0.15, -0.1) is 0 Å². The molecule has 1 spiro atoms. The molecule has 0 saturated carbocycles. The van der Waals surface area contributed by atoms with E-state index in [9.17, 15) is 19.2 Å². The summed E-state index contributed by atoms with van der Waals surface area (Å²) in [5.74, 6) is -0.581. The molecule has 3 N–H and O–H groups in total. The predicted octanol–water partition coefficient (Wildman–Crippen LogP) is 4.68. The Bertz CT molecular complexity index is 1250. The number of ether oxygens (including phenoxy) is 1. The van der Waals surface area contributed by atoms with Gasteiger partial charge in [0, 0.05) is 35.4 Å². The molecule has 0 aromatic heterocycles. The molecule has 1 saturated heterocycles. The molecule has 2 aliphatic rings. The van der Waals surface area contributed by atoms with E-state index >= 15 is 0 Å². The third kappa shape index (κ3) is 5.70. The first-order chi connectivity index (χ1) is 18.0. The molecule has 11 heteroatoms. The minimum absolute atomic E-state index is 0.117. The highest BCUT2D eigenvalue weighted by molar-refractivity contribution is 6.30. The highest BCUT2D eigenvalue weighted by Crippen LogP contribution is 2.43. The van der Waals surface area contributed by atoms with Crippen molar-refractivity contribution < 1.29 is 29.0 Å². The van der Waals surface area contributed by atoms with E-state index in [0.717, 1.165) is 10.5 Å². The second kappa shape index (κ2) is 10.9. The Morgan fingerprint density at radius 3 is 2.58 bits per heavy atom. The van der Waals surface area contributed by atoms with E-state index in [1.54, 1.807) is 23.1 Å². The van der Waals surface area contributed by atoms with Crippen molar-refractivity contribution in [3.63, 3.8) is 0 Å². The monoisotopic (exact) mass is 542 g/mol. The van der Waals surface area contributed by atoms with Crippen LogP contribution in [0.5, 0.6) is 0 Å². The first kappa shape index (κ1) is 27.3. The van der Waals surface area contributed by atoms with Gasteiger partial charge in [-0.05, 0) is 67.6 Å². The third-order valence-electron chi connectivity index (χ3n) is 6.88. The Morgan fingerprint density at radius 1 is 1.21 bits per heavy atom. The van der Waals surface area contributed by atoms with Crippen molar-refractivity contribution in [3.05, 3.63) is 58.6 Å². The van der Waals surface area contributed by atoms with Gasteiger partial charge in [0.2, 0.25) is 5.91 Å². The van der Waals surface area contributed by atoms with E-state index in [1.165, 1.54) is 31.3 Å². The average molecular weight is 543 g/mol. The maximum Gasteiger partial charge on any atom is 0.412 e. The second-order valence-corrected chi connectivity index (χ2v) is 10.5. The lowest BCUT2D eigenvalue weighted by molar-refractivity contribution is -0.141. The molecule has 4 rings (SSSR count). The van der Waals surface area contributed by atoms with Crippen LogP contribution in [0.1, 0.15) is 49.0 Å². The third-order valence-corrected chi connectivity index (χ3v) is 7.11. The number of carbonyl (C=O) groups excluding carboxylic acids is 3. The SMILES string of the molecule is CC(C)C[C@H](NC(=O)c1ccc(N(C)C(=O)O)cc1)C(=O)N1CCC[C@@]2(C1)OC(=O)Nc1ccc(Cl)cc12. The van der Waals surface area contributed by atoms with Crippen LogP contribution in [0, 0.1) is 5.92 Å². The molecule has 0 bridgehead atoms. The van der Waals surface area contributed by atoms with Crippen LogP contribution in [0.2, 0.25) is 5.02 Å². The summed E-state index contributed by atoms with van der Waals surface area (Å²) >= 11 is 6.25. The van der Waals surface area contributed by atoms with E-state index in [2.05, 4.69) is 10.6 Å². The number of carbonyl (C=O) groups is 4. The first-order valence-electron chi connectivity index (χ1n) is 12.5. The summed E-state index contributed by atoms with van der Waals surface area (Å²) in [7, 11) is 1.41. The normalized spacial score (nSPS) is 19.3. The zero-order valence-electron chi connectivity index (χ0n) is 21.5. The summed E-state index contributed by atoms with van der Waals surface area (Å²) in [5.41, 5.74) is 1.01. The van der Waals surface area contributed by atoms with Crippen LogP contribution in [-0.4, -0.2) is 60.2 Å². The van der Waals surface area contributed by atoms with E-state index in [1.807, 2.05) is 13.8 Å². The van der Waals surface area contributed by atoms with Gasteiger partial charge in [-0.3, -0.25) is 19.8 Å². The van der Waals surface area contributed by atoms with Crippen molar-refractivity contribution in [2.45, 2.75) is 44.8 Å². The summed E-state index contributed by atoms with van der Waals surface area (Å²) in [6.45, 7) is 4.54. The number of halogens is 1. The number of rotatable bonds is 6. The number of hydrogen-bond donors (Lipinski definition) is 3. The summed E-state index contributed by atoms with van der Waals surface area (Å²) < 4.78 is 5.80. The van der Waals surface area contributed by atoms with Crippen LogP contribution in [0.15, 0.2) is 42.5 Å². The standard InChI is InChI=1S/C27H31ClN4O6/c1-16(2)13-22(29-23(33)17-5-8-19(9-6-17)31(3)26(36)37)24(34)32-12-4-11-27(15-32)20-14-18(28)7-10-21(20)30-25(35)38-27/h5-10,14,16,22H,4,11-13,15H2,1-3H3,(H,29,33)(H,30,35)(H,36,37)/t22-,27-/m0/s1. The molecule has 2 aromatic rings. The van der Waals surface area contributed by atoms with Crippen molar-refractivity contribution in [2.24, 2.45) is 5.92 Å². The average Bonchev–Trinajstić information content (AvgIpc) is 2.87. The molecular formula is C27H31ClN4O6. The molecule has 2 aliphatic heterocycles. The molecular weight excluding hydrogens is 512 g/mol. The molecule has 1 fully saturated rings. The number of carboxylic acid groups (broad SMARTS) is 1. The molecule has 10 nitrogen and oxygen atoms in total. The fourth-order valence-corrected chi connectivity index (χ4v) is 5.16. The fourth-order valence-electron chi connectivity index (χ4n) is 4.99. The summed E-state index contributed by atoms with van der Waals surface area (Å²) in [6.07, 6.45) is -0.147. The maximum atomic E-state index is 13.8. The smallest absolute Gasteiger partial charge is 0.412 e. The Labute approximate surface area is 225 Å². The Balaban J connectivity index is 1.54. The molecule has 0 radical (unpaired) electrons. The summed E-state index contributed by atoms with van der Waals surface area (Å²) in [4.78, 5) is 53.1. The van der Waals surface area contributed by atoms with Gasteiger partial charge < -0.3 is 20.1 Å². The topological polar surface area (TPSA) is 128 Å². The molecule has 2 aromatic carbocycles. The minimum atomic E-state index is -1.12. The number of nitrogens with one attached hydrogen (secondary N) is 2. The van der Waals surface area contributed by atoms with Crippen molar-refractivity contribution in [2.75, 3.05) is 30.4 Å². The molecule has 202 valence electrons. The van der Waals surface area contributed by atoms with E-state index in [4.69, 9.17) is 21.4 Å². The second-order valence-electron chi connectivity index (χ2n) is 10.1. The molecule has 38 heavy (non-hydrogen) atoms. The minimum Gasteiger partial charge on any atom is -0.465 e. The number of amides is 4. The van der Waals surface area contributed by atoms with Crippen molar-refractivity contribution in [1.82, 2.24) is 10.2 Å². The van der Waals surface area contributed by atoms with Crippen molar-refractivity contribution >= 4 is 47.0 Å². The number of nitrogens with zero attached hydrogens (tertiary/aromatic N) is 2. The van der Waals surface area contributed by atoms with Crippen LogP contribution in [0.25, 0.3) is 0 Å². The lowest BCUT2D eigenvalue weighted by Gasteiger charge is -2.45. The lowest BCUT2D eigenvalue weighted by Crippen LogP contribution is -2.57. The Hall–Kier alpha value is -3.79. The van der Waals surface area contributed by atoms with Crippen molar-refractivity contribution in [3.8, 4) is 0 Å². The largest absolute Gasteiger partial charge is 0.465 e. The van der Waals surface area contributed by atoms with Crippen LogP contribution < -0.4 is 15.5 Å². The van der Waals surface area contributed by atoms with Crippen LogP contribution in [-0.2, 0) is 15.1 Å². The highest BCUT2D eigenvalue weighted by Gasteiger charge is 2.47. The van der Waals surface area contributed by atoms with Crippen molar-refractivity contribution in [1.29, 1.82) is 0 Å². The number of likely N-dealkylation sites (tertiary alicyclic amines) is 1. The van der Waals surface area contributed by atoms with Gasteiger partial charge in [0.25, 0.3) is 5.91 Å². The first-order valence-corrected chi connectivity index (χ1v) is 12.8. The summed E-state index contributed by atoms with van der Waals surface area (Å²) in [6, 6.07) is 10.5. The molecule has 0 aliphatic carbocycles. The Morgan fingerprint density at radius 2 is 1.92 bits per heavy atom. The van der Waals surface area contributed by atoms with Gasteiger partial charge in [0.1, 0.15) is 6.04 Å².